The molecule has 76 valence electrons. The number of aromatic nitrogens is 3. The lowest BCUT2D eigenvalue weighted by Gasteiger charge is -2.19. The number of hydrogen-bond acceptors (Lipinski definition) is 3. The van der Waals surface area contributed by atoms with Gasteiger partial charge < -0.3 is 5.73 Å². The van der Waals surface area contributed by atoms with Gasteiger partial charge in [0, 0.05) is 6.42 Å². The molecular formula is C10H16N4. The molecule has 1 aromatic heterocycles. The molecule has 3 rings (SSSR count). The number of H-pyrrole nitrogens is 1. The molecule has 2 aliphatic carbocycles. The van der Waals surface area contributed by atoms with Crippen molar-refractivity contribution in [1.29, 1.82) is 0 Å². The summed E-state index contributed by atoms with van der Waals surface area (Å²) in [5.74, 6) is 4.14. The summed E-state index contributed by atoms with van der Waals surface area (Å²) in [6.45, 7) is 0. The third-order valence-electron chi connectivity index (χ3n) is 3.89. The lowest BCUT2D eigenvalue weighted by molar-refractivity contribution is 0.327. The molecule has 1 aromatic rings. The van der Waals surface area contributed by atoms with E-state index in [4.69, 9.17) is 5.73 Å². The van der Waals surface area contributed by atoms with E-state index in [1.54, 1.807) is 0 Å². The number of aromatic amines is 1. The Hall–Kier alpha value is -1.06. The fourth-order valence-electron chi connectivity index (χ4n) is 3.28. The lowest BCUT2D eigenvalue weighted by atomic mass is 9.86. The maximum atomic E-state index is 5.48. The summed E-state index contributed by atoms with van der Waals surface area (Å²) in [6, 6.07) is 0. The summed E-state index contributed by atoms with van der Waals surface area (Å²) in [6.07, 6.45) is 6.78. The Morgan fingerprint density at radius 1 is 1.36 bits per heavy atom. The standard InChI is InChI=1S/C10H16N4/c11-10-12-9(13-14-10)5-8-4-6-1-2-7(8)3-6/h6-8H,1-5H2,(H3,11,12,13,14). The number of nitrogen functional groups attached to an aromatic ring is 1. The molecule has 0 saturated heterocycles. The van der Waals surface area contributed by atoms with Gasteiger partial charge >= 0.3 is 0 Å². The monoisotopic (exact) mass is 192 g/mol. The SMILES string of the molecule is Nc1n[nH]c(CC2CC3CCC2C3)n1. The van der Waals surface area contributed by atoms with Gasteiger partial charge in [-0.3, -0.25) is 5.10 Å². The van der Waals surface area contributed by atoms with Crippen molar-refractivity contribution in [2.24, 2.45) is 17.8 Å². The summed E-state index contributed by atoms with van der Waals surface area (Å²) in [7, 11) is 0. The number of anilines is 1. The first kappa shape index (κ1) is 8.26. The minimum absolute atomic E-state index is 0.378. The maximum absolute atomic E-state index is 5.48. The molecule has 0 spiro atoms. The summed E-state index contributed by atoms with van der Waals surface area (Å²) in [5, 5.41) is 6.77. The van der Waals surface area contributed by atoms with Crippen molar-refractivity contribution in [2.45, 2.75) is 32.1 Å². The number of nitrogens with two attached hydrogens (primary N) is 1. The third kappa shape index (κ3) is 1.29. The lowest BCUT2D eigenvalue weighted by Crippen LogP contribution is -2.13. The third-order valence-corrected chi connectivity index (χ3v) is 3.89. The van der Waals surface area contributed by atoms with Crippen LogP contribution in [0.15, 0.2) is 0 Å². The van der Waals surface area contributed by atoms with E-state index in [1.807, 2.05) is 0 Å². The largest absolute Gasteiger partial charge is 0.367 e. The fraction of sp³-hybridized carbons (Fsp3) is 0.800. The molecule has 1 heterocycles. The molecule has 2 fully saturated rings. The van der Waals surface area contributed by atoms with E-state index >= 15 is 0 Å². The van der Waals surface area contributed by atoms with Gasteiger partial charge in [-0.1, -0.05) is 6.42 Å². The van der Waals surface area contributed by atoms with Gasteiger partial charge in [0.15, 0.2) is 0 Å². The van der Waals surface area contributed by atoms with Crippen molar-refractivity contribution < 1.29 is 0 Å². The maximum Gasteiger partial charge on any atom is 0.239 e. The van der Waals surface area contributed by atoms with Crippen LogP contribution in [0, 0.1) is 17.8 Å². The fourth-order valence-corrected chi connectivity index (χ4v) is 3.28. The Labute approximate surface area is 83.3 Å². The molecule has 0 amide bonds. The van der Waals surface area contributed by atoms with Gasteiger partial charge in [0.25, 0.3) is 0 Å². The Morgan fingerprint density at radius 2 is 2.29 bits per heavy atom. The minimum atomic E-state index is 0.378. The zero-order valence-electron chi connectivity index (χ0n) is 8.24. The summed E-state index contributed by atoms with van der Waals surface area (Å²) in [4.78, 5) is 4.17. The smallest absolute Gasteiger partial charge is 0.239 e. The van der Waals surface area contributed by atoms with Crippen LogP contribution in [0.2, 0.25) is 0 Å². The van der Waals surface area contributed by atoms with E-state index in [-0.39, 0.29) is 0 Å². The van der Waals surface area contributed by atoms with Crippen molar-refractivity contribution in [1.82, 2.24) is 15.2 Å². The van der Waals surface area contributed by atoms with E-state index in [1.165, 1.54) is 25.7 Å². The van der Waals surface area contributed by atoms with Crippen LogP contribution in [-0.4, -0.2) is 15.2 Å². The first-order chi connectivity index (χ1) is 6.81. The normalized spacial score (nSPS) is 35.3. The van der Waals surface area contributed by atoms with Crippen molar-refractivity contribution in [3.8, 4) is 0 Å². The number of hydrogen-bond donors (Lipinski definition) is 2. The zero-order chi connectivity index (χ0) is 9.54. The van der Waals surface area contributed by atoms with E-state index < -0.39 is 0 Å². The Bertz CT molecular complexity index is 333. The first-order valence-corrected chi connectivity index (χ1v) is 5.48. The zero-order valence-corrected chi connectivity index (χ0v) is 8.24. The molecule has 0 radical (unpaired) electrons. The van der Waals surface area contributed by atoms with Gasteiger partial charge in [-0.25, -0.2) is 0 Å². The highest BCUT2D eigenvalue weighted by atomic mass is 15.3. The van der Waals surface area contributed by atoms with Crippen molar-refractivity contribution >= 4 is 5.95 Å². The van der Waals surface area contributed by atoms with Crippen molar-refractivity contribution in [3.05, 3.63) is 5.82 Å². The molecule has 0 aromatic carbocycles. The Morgan fingerprint density at radius 3 is 2.86 bits per heavy atom. The molecule has 4 nitrogen and oxygen atoms in total. The number of rotatable bonds is 2. The molecule has 2 bridgehead atoms. The molecule has 3 atom stereocenters. The second-order valence-corrected chi connectivity index (χ2v) is 4.78. The molecule has 2 saturated carbocycles. The van der Waals surface area contributed by atoms with Crippen LogP contribution in [0.3, 0.4) is 0 Å². The van der Waals surface area contributed by atoms with Crippen molar-refractivity contribution in [3.63, 3.8) is 0 Å². The molecule has 3 N–H and O–H groups in total. The molecular weight excluding hydrogens is 176 g/mol. The van der Waals surface area contributed by atoms with Crippen LogP contribution >= 0.6 is 0 Å². The van der Waals surface area contributed by atoms with Crippen LogP contribution in [0.1, 0.15) is 31.5 Å². The van der Waals surface area contributed by atoms with E-state index in [9.17, 15) is 0 Å². The Balaban J connectivity index is 1.68. The van der Waals surface area contributed by atoms with Crippen LogP contribution in [-0.2, 0) is 6.42 Å². The van der Waals surface area contributed by atoms with Gasteiger partial charge in [0.2, 0.25) is 5.95 Å². The highest BCUT2D eigenvalue weighted by Crippen LogP contribution is 2.49. The Kier molecular flexibility index (Phi) is 1.75. The summed E-state index contributed by atoms with van der Waals surface area (Å²) < 4.78 is 0. The highest BCUT2D eigenvalue weighted by molar-refractivity contribution is 5.13. The summed E-state index contributed by atoms with van der Waals surface area (Å²) in [5.41, 5.74) is 5.48. The number of fused-ring (bicyclic) bond motifs is 2. The quantitative estimate of drug-likeness (QED) is 0.743. The number of nitrogens with zero attached hydrogens (tertiary/aromatic N) is 2. The van der Waals surface area contributed by atoms with Crippen LogP contribution < -0.4 is 5.73 Å². The van der Waals surface area contributed by atoms with Gasteiger partial charge in [-0.2, -0.15) is 4.98 Å². The second-order valence-electron chi connectivity index (χ2n) is 4.78. The minimum Gasteiger partial charge on any atom is -0.367 e. The van der Waals surface area contributed by atoms with Gasteiger partial charge in [0.05, 0.1) is 0 Å². The first-order valence-electron chi connectivity index (χ1n) is 5.48. The molecule has 3 unspecified atom stereocenters. The number of nitrogens with one attached hydrogen (secondary N) is 1. The van der Waals surface area contributed by atoms with Crippen molar-refractivity contribution in [2.75, 3.05) is 5.73 Å². The second kappa shape index (κ2) is 2.97. The van der Waals surface area contributed by atoms with Crippen LogP contribution in [0.4, 0.5) is 5.95 Å². The van der Waals surface area contributed by atoms with E-state index in [2.05, 4.69) is 15.2 Å². The van der Waals surface area contributed by atoms with E-state index in [0.29, 0.717) is 5.95 Å². The van der Waals surface area contributed by atoms with Gasteiger partial charge in [0.1, 0.15) is 5.82 Å². The van der Waals surface area contributed by atoms with Gasteiger partial charge in [-0.15, -0.1) is 5.10 Å². The average Bonchev–Trinajstić information content (AvgIpc) is 2.82. The predicted molar refractivity (Wildman–Crippen MR) is 53.4 cm³/mol. The molecule has 4 heteroatoms. The van der Waals surface area contributed by atoms with Gasteiger partial charge in [-0.05, 0) is 37.0 Å². The van der Waals surface area contributed by atoms with Crippen LogP contribution in [0.5, 0.6) is 0 Å². The van der Waals surface area contributed by atoms with E-state index in [0.717, 1.165) is 30.0 Å². The van der Waals surface area contributed by atoms with Crippen LogP contribution in [0.25, 0.3) is 0 Å². The predicted octanol–water partition coefficient (Wildman–Crippen LogP) is 1.37. The molecule has 14 heavy (non-hydrogen) atoms. The average molecular weight is 192 g/mol. The topological polar surface area (TPSA) is 67.6 Å². The summed E-state index contributed by atoms with van der Waals surface area (Å²) >= 11 is 0. The molecule has 2 aliphatic rings. The highest BCUT2D eigenvalue weighted by Gasteiger charge is 2.39. The molecule has 0 aliphatic heterocycles.